The number of hydrogen-bond acceptors (Lipinski definition) is 12. The second-order valence-electron chi connectivity index (χ2n) is 23.5. The summed E-state index contributed by atoms with van der Waals surface area (Å²) in [4.78, 5) is 46.1. The van der Waals surface area contributed by atoms with Crippen LogP contribution in [0.5, 0.6) is 0 Å². The highest BCUT2D eigenvalue weighted by Gasteiger charge is 2.92. The molecule has 0 aromatic heterocycles. The maximum atomic E-state index is 16.5. The van der Waals surface area contributed by atoms with Crippen LogP contribution in [0.4, 0.5) is 0 Å². The predicted octanol–water partition coefficient (Wildman–Crippen LogP) is 5.46. The summed E-state index contributed by atoms with van der Waals surface area (Å²) < 4.78 is 48.6. The fraction of sp³-hybridized carbons (Fsp3) is 0.851. The third-order valence-electron chi connectivity index (χ3n) is 19.2. The van der Waals surface area contributed by atoms with Crippen LogP contribution >= 0.6 is 0 Å². The summed E-state index contributed by atoms with van der Waals surface area (Å²) >= 11 is 0. The Bertz CT molecular complexity index is 2100. The zero-order valence-electron chi connectivity index (χ0n) is 36.2. The molecule has 0 aromatic rings. The molecule has 14 rings (SSSR count). The molecule has 14 aliphatic rings. The third-order valence-corrected chi connectivity index (χ3v) is 19.2. The van der Waals surface area contributed by atoms with E-state index in [0.29, 0.717) is 62.7 Å². The molecule has 2 unspecified atom stereocenters. The molecule has 0 radical (unpaired) electrons. The number of aliphatic hydroxyl groups is 2. The summed E-state index contributed by atoms with van der Waals surface area (Å²) in [6, 6.07) is 0. The van der Waals surface area contributed by atoms with Crippen molar-refractivity contribution >= 4 is 17.3 Å². The average Bonchev–Trinajstić information content (AvgIpc) is 3.24. The van der Waals surface area contributed by atoms with Crippen molar-refractivity contribution < 1.29 is 57.8 Å². The minimum Gasteiger partial charge on any atom is -0.483 e. The monoisotopic (exact) mass is 818 g/mol. The van der Waals surface area contributed by atoms with Crippen molar-refractivity contribution in [3.63, 3.8) is 0 Å². The predicted molar refractivity (Wildman–Crippen MR) is 206 cm³/mol. The first-order valence-electron chi connectivity index (χ1n) is 22.5. The topological polar surface area (TPSA) is 156 Å². The molecule has 12 nitrogen and oxygen atoms in total. The maximum Gasteiger partial charge on any atom is 0.213 e. The van der Waals surface area contributed by atoms with E-state index in [1.165, 1.54) is 0 Å². The maximum absolute atomic E-state index is 16.5. The van der Waals surface area contributed by atoms with Crippen LogP contribution in [-0.2, 0) is 47.5 Å². The first kappa shape index (κ1) is 38.6. The lowest BCUT2D eigenvalue weighted by Crippen LogP contribution is -2.90. The Morgan fingerprint density at radius 2 is 1.42 bits per heavy atom. The smallest absolute Gasteiger partial charge is 0.213 e. The van der Waals surface area contributed by atoms with Gasteiger partial charge in [0.2, 0.25) is 11.6 Å². The molecule has 7 heterocycles. The summed E-state index contributed by atoms with van der Waals surface area (Å²) in [6.07, 6.45) is 1.54. The van der Waals surface area contributed by atoms with E-state index in [1.54, 1.807) is 6.92 Å². The van der Waals surface area contributed by atoms with Crippen LogP contribution in [0.2, 0.25) is 0 Å². The summed E-state index contributed by atoms with van der Waals surface area (Å²) in [7, 11) is 0. The van der Waals surface area contributed by atoms with Gasteiger partial charge in [-0.15, -0.1) is 0 Å². The van der Waals surface area contributed by atoms with Crippen molar-refractivity contribution in [3.8, 4) is 0 Å². The standard InChI is InChI=1S/C47H62O12/c1-22-25-14-15-27-42-20-53-47(45(27,31(22)49)35(25)56-40(9,10)59-47)32(50)29(42)37(3,4)18-24-16-17-41(57-34(24)42)19-38(5,6)30-33(51)46-44(23(2)48)26(43(30,21-54-46)36(41)52)12-11-13-28(44)55-39(7,8)58-46/h25-30,32-33,35,50-51H,1,11-21H2,2-10H3/t25-,26-,27-,28+,29+,30+,32-,33-,35?,41+,42-,43-,44+,45?,46-,47-/m0/s1. The lowest BCUT2D eigenvalue weighted by Gasteiger charge is -2.79. The molecule has 6 saturated carbocycles. The average molecular weight is 819 g/mol. The Kier molecular flexibility index (Phi) is 6.87. The minimum atomic E-state index is -1.68. The first-order chi connectivity index (χ1) is 27.4. The highest BCUT2D eigenvalue weighted by molar-refractivity contribution is 6.05. The van der Waals surface area contributed by atoms with Crippen molar-refractivity contribution in [2.75, 3.05) is 13.2 Å². The lowest BCUT2D eigenvalue weighted by atomic mass is 9.33. The molecule has 16 atom stereocenters. The quantitative estimate of drug-likeness (QED) is 0.323. The molecule has 6 saturated heterocycles. The molecule has 12 fully saturated rings. The molecule has 0 amide bonds. The number of Topliss-reactive ketones (excluding diaryl/α,β-unsaturated/α-hetero) is 3. The largest absolute Gasteiger partial charge is 0.483 e. The molecule has 7 aliphatic carbocycles. The van der Waals surface area contributed by atoms with Crippen LogP contribution in [0.15, 0.2) is 23.5 Å². The van der Waals surface area contributed by atoms with Gasteiger partial charge in [0.15, 0.2) is 28.7 Å². The van der Waals surface area contributed by atoms with Gasteiger partial charge in [-0.3, -0.25) is 14.4 Å². The van der Waals surface area contributed by atoms with Gasteiger partial charge in [-0.05, 0) is 120 Å². The Balaban J connectivity index is 1.04. The number of ketones is 3. The van der Waals surface area contributed by atoms with Gasteiger partial charge in [0.05, 0.1) is 36.3 Å². The summed E-state index contributed by atoms with van der Waals surface area (Å²) in [6.45, 7) is 22.0. The van der Waals surface area contributed by atoms with Crippen LogP contribution in [0.1, 0.15) is 120 Å². The molecule has 6 bridgehead atoms. The fourth-order valence-corrected chi connectivity index (χ4v) is 18.5. The fourth-order valence-electron chi connectivity index (χ4n) is 18.5. The number of fused-ring (bicyclic) bond motifs is 2. The highest BCUT2D eigenvalue weighted by atomic mass is 16.8. The van der Waals surface area contributed by atoms with E-state index in [2.05, 4.69) is 34.3 Å². The number of allylic oxidation sites excluding steroid dienone is 1. The SMILES string of the molecule is C=C1C(=O)C23C4OC(C)(C)O[C@]25OC[C@]2(C6=C(CC[C@]7(CC(C)(C)[C@H]8[C@H](O)[C@]9%10OC[C@]8(C7=O)[C@@H]7CCC[C@@H](OC(C)(C)O9)[C@@]7%10C(C)=O)O6)CC(C)(C)[C@H]2[C@@H]5O)[C@@H]3CC[C@@H]14. The number of carbonyl (C=O) groups is 3. The van der Waals surface area contributed by atoms with Crippen LogP contribution in [0.25, 0.3) is 0 Å². The van der Waals surface area contributed by atoms with Gasteiger partial charge >= 0.3 is 0 Å². The molecule has 322 valence electrons. The van der Waals surface area contributed by atoms with Crippen molar-refractivity contribution in [2.45, 2.75) is 173 Å². The summed E-state index contributed by atoms with van der Waals surface area (Å²) in [5, 5.41) is 26.0. The number of ether oxygens (including phenoxy) is 7. The number of aliphatic hydroxyl groups excluding tert-OH is 2. The molecular weight excluding hydrogens is 757 g/mol. The zero-order valence-corrected chi connectivity index (χ0v) is 36.2. The Labute approximate surface area is 346 Å². The van der Waals surface area contributed by atoms with Gasteiger partial charge in [-0.25, -0.2) is 0 Å². The van der Waals surface area contributed by atoms with Crippen molar-refractivity contribution in [1.82, 2.24) is 0 Å². The molecule has 6 spiro atoms. The van der Waals surface area contributed by atoms with E-state index in [-0.39, 0.29) is 42.4 Å². The van der Waals surface area contributed by atoms with Crippen LogP contribution in [0, 0.1) is 62.1 Å². The minimum absolute atomic E-state index is 0.00245. The van der Waals surface area contributed by atoms with E-state index in [0.717, 1.165) is 12.0 Å². The molecule has 59 heavy (non-hydrogen) atoms. The van der Waals surface area contributed by atoms with Crippen LogP contribution < -0.4 is 0 Å². The van der Waals surface area contributed by atoms with Gasteiger partial charge in [0.1, 0.15) is 34.6 Å². The van der Waals surface area contributed by atoms with E-state index in [1.807, 2.05) is 27.7 Å². The number of carbonyl (C=O) groups excluding carboxylic acids is 3. The van der Waals surface area contributed by atoms with Crippen molar-refractivity contribution in [1.29, 1.82) is 0 Å². The Morgan fingerprint density at radius 3 is 2.15 bits per heavy atom. The van der Waals surface area contributed by atoms with Gasteiger partial charge in [0.25, 0.3) is 0 Å². The van der Waals surface area contributed by atoms with Gasteiger partial charge < -0.3 is 43.4 Å². The van der Waals surface area contributed by atoms with E-state index < -0.39 is 103 Å². The van der Waals surface area contributed by atoms with E-state index in [4.69, 9.17) is 33.2 Å². The van der Waals surface area contributed by atoms with Gasteiger partial charge in [-0.2, -0.15) is 0 Å². The highest BCUT2D eigenvalue weighted by Crippen LogP contribution is 2.82. The molecule has 2 N–H and O–H groups in total. The van der Waals surface area contributed by atoms with Crippen molar-refractivity contribution in [2.24, 2.45) is 62.1 Å². The Morgan fingerprint density at radius 1 is 0.780 bits per heavy atom. The lowest BCUT2D eigenvalue weighted by molar-refractivity contribution is -0.528. The first-order valence-corrected chi connectivity index (χ1v) is 22.5. The summed E-state index contributed by atoms with van der Waals surface area (Å²) in [5.74, 6) is -7.54. The normalized spacial score (nSPS) is 57.0. The number of rotatable bonds is 1. The molecule has 12 heteroatoms. The molecule has 7 aliphatic heterocycles. The second kappa shape index (κ2) is 10.5. The van der Waals surface area contributed by atoms with E-state index >= 15 is 9.59 Å². The Hall–Kier alpha value is -2.03. The van der Waals surface area contributed by atoms with Crippen molar-refractivity contribution in [3.05, 3.63) is 23.5 Å². The third kappa shape index (κ3) is 3.66. The van der Waals surface area contributed by atoms with Crippen LogP contribution in [-0.4, -0.2) is 93.9 Å². The second-order valence-corrected chi connectivity index (χ2v) is 23.5. The molecule has 0 aromatic carbocycles. The summed E-state index contributed by atoms with van der Waals surface area (Å²) in [5.41, 5.74) is -5.92. The van der Waals surface area contributed by atoms with Gasteiger partial charge in [-0.1, -0.05) is 40.7 Å². The number of hydrogen-bond donors (Lipinski definition) is 2. The zero-order chi connectivity index (χ0) is 41.9. The van der Waals surface area contributed by atoms with E-state index in [9.17, 15) is 15.0 Å². The van der Waals surface area contributed by atoms with Gasteiger partial charge in [0, 0.05) is 17.8 Å². The molecular formula is C47H62O12. The van der Waals surface area contributed by atoms with Crippen LogP contribution in [0.3, 0.4) is 0 Å².